The Morgan fingerprint density at radius 3 is 2.76 bits per heavy atom. The van der Waals surface area contributed by atoms with Gasteiger partial charge >= 0.3 is 0 Å². The van der Waals surface area contributed by atoms with E-state index in [2.05, 4.69) is 12.2 Å². The Kier molecular flexibility index (Phi) is 7.35. The predicted molar refractivity (Wildman–Crippen MR) is 91.8 cm³/mol. The fourth-order valence-electron chi connectivity index (χ4n) is 2.83. The number of nitrogens with one attached hydrogen (secondary N) is 1. The van der Waals surface area contributed by atoms with Crippen LogP contribution in [0.1, 0.15) is 57.1 Å². The van der Waals surface area contributed by atoms with Crippen LogP contribution in [0.5, 0.6) is 0 Å². The van der Waals surface area contributed by atoms with Crippen molar-refractivity contribution >= 4 is 23.4 Å². The van der Waals surface area contributed by atoms with Crippen LogP contribution in [0.2, 0.25) is 5.02 Å². The van der Waals surface area contributed by atoms with Crippen molar-refractivity contribution < 1.29 is 4.39 Å². The Hall–Kier alpha value is -0.250. The van der Waals surface area contributed by atoms with Gasteiger partial charge in [-0.3, -0.25) is 0 Å². The van der Waals surface area contributed by atoms with Crippen molar-refractivity contribution in [2.24, 2.45) is 0 Å². The second-order valence-electron chi connectivity index (χ2n) is 5.77. The Morgan fingerprint density at radius 1 is 1.33 bits per heavy atom. The van der Waals surface area contributed by atoms with Crippen LogP contribution < -0.4 is 5.32 Å². The van der Waals surface area contributed by atoms with Crippen LogP contribution in [0.3, 0.4) is 0 Å². The number of thioether (sulfide) groups is 1. The van der Waals surface area contributed by atoms with Crippen molar-refractivity contribution in [3.05, 3.63) is 34.6 Å². The summed E-state index contributed by atoms with van der Waals surface area (Å²) < 4.78 is 14.2. The first kappa shape index (κ1) is 17.1. The van der Waals surface area contributed by atoms with Gasteiger partial charge in [0.2, 0.25) is 0 Å². The highest BCUT2D eigenvalue weighted by molar-refractivity contribution is 7.99. The van der Waals surface area contributed by atoms with Gasteiger partial charge < -0.3 is 5.32 Å². The maximum absolute atomic E-state index is 14.2. The Bertz CT molecular complexity index is 435. The summed E-state index contributed by atoms with van der Waals surface area (Å²) in [4.78, 5) is 0. The van der Waals surface area contributed by atoms with E-state index >= 15 is 0 Å². The molecule has 1 N–H and O–H groups in total. The second-order valence-corrected chi connectivity index (χ2v) is 7.54. The smallest absolute Gasteiger partial charge is 0.129 e. The first-order valence-corrected chi connectivity index (χ1v) is 9.43. The lowest BCUT2D eigenvalue weighted by Gasteiger charge is -2.25. The molecule has 1 aromatic carbocycles. The molecular weight excluding hydrogens is 305 g/mol. The van der Waals surface area contributed by atoms with E-state index in [1.165, 1.54) is 38.2 Å². The van der Waals surface area contributed by atoms with E-state index < -0.39 is 0 Å². The van der Waals surface area contributed by atoms with Gasteiger partial charge in [-0.1, -0.05) is 43.9 Å². The summed E-state index contributed by atoms with van der Waals surface area (Å²) in [6.45, 7) is 3.05. The van der Waals surface area contributed by atoms with Gasteiger partial charge in [0.15, 0.2) is 0 Å². The van der Waals surface area contributed by atoms with Crippen LogP contribution in [-0.4, -0.2) is 17.5 Å². The minimum absolute atomic E-state index is 0.0779. The minimum atomic E-state index is -0.194. The van der Waals surface area contributed by atoms with E-state index in [9.17, 15) is 4.39 Å². The molecule has 0 saturated heterocycles. The van der Waals surface area contributed by atoms with E-state index in [4.69, 9.17) is 11.6 Å². The highest BCUT2D eigenvalue weighted by atomic mass is 35.5. The second kappa shape index (κ2) is 9.02. The summed E-state index contributed by atoms with van der Waals surface area (Å²) in [6.07, 6.45) is 7.75. The predicted octanol–water partition coefficient (Wildman–Crippen LogP) is 5.59. The average molecular weight is 330 g/mol. The Labute approximate surface area is 137 Å². The summed E-state index contributed by atoms with van der Waals surface area (Å²) >= 11 is 7.86. The third-order valence-electron chi connectivity index (χ3n) is 4.03. The summed E-state index contributed by atoms with van der Waals surface area (Å²) in [5.74, 6) is 0.740. The monoisotopic (exact) mass is 329 g/mol. The van der Waals surface area contributed by atoms with E-state index in [1.807, 2.05) is 17.8 Å². The van der Waals surface area contributed by atoms with Gasteiger partial charge in [0.25, 0.3) is 0 Å². The van der Waals surface area contributed by atoms with Gasteiger partial charge in [0.05, 0.1) is 0 Å². The average Bonchev–Trinajstić information content (AvgIpc) is 2.49. The third-order valence-corrected chi connectivity index (χ3v) is 5.73. The van der Waals surface area contributed by atoms with Crippen LogP contribution in [0, 0.1) is 5.82 Å². The summed E-state index contributed by atoms with van der Waals surface area (Å²) in [7, 11) is 0. The number of benzene rings is 1. The van der Waals surface area contributed by atoms with Crippen LogP contribution in [0.15, 0.2) is 18.2 Å². The van der Waals surface area contributed by atoms with Crippen molar-refractivity contribution in [2.75, 3.05) is 12.3 Å². The van der Waals surface area contributed by atoms with Crippen LogP contribution in [0.25, 0.3) is 0 Å². The Morgan fingerprint density at radius 2 is 2.10 bits per heavy atom. The molecule has 1 aromatic rings. The molecule has 118 valence electrons. The lowest BCUT2D eigenvalue weighted by Crippen LogP contribution is -2.26. The molecular formula is C17H25ClFNS. The van der Waals surface area contributed by atoms with Crippen molar-refractivity contribution in [2.45, 2.75) is 56.7 Å². The maximum atomic E-state index is 14.2. The van der Waals surface area contributed by atoms with Crippen molar-refractivity contribution in [3.8, 4) is 0 Å². The molecule has 0 radical (unpaired) electrons. The standard InChI is InChI=1S/C17H25ClFNS/c1-2-10-20-17(12-21-14-6-4-3-5-7-14)15-9-8-13(18)11-16(15)19/h8-9,11,14,17,20H,2-7,10,12H2,1H3. The molecule has 2 rings (SSSR count). The van der Waals surface area contributed by atoms with Gasteiger partial charge in [0, 0.05) is 27.6 Å². The van der Waals surface area contributed by atoms with E-state index in [-0.39, 0.29) is 11.9 Å². The molecule has 1 aliphatic rings. The molecule has 4 heteroatoms. The molecule has 0 spiro atoms. The molecule has 0 heterocycles. The lowest BCUT2D eigenvalue weighted by atomic mass is 10.0. The van der Waals surface area contributed by atoms with Crippen LogP contribution in [0.4, 0.5) is 4.39 Å². The van der Waals surface area contributed by atoms with E-state index in [0.29, 0.717) is 5.02 Å². The van der Waals surface area contributed by atoms with Crippen LogP contribution >= 0.6 is 23.4 Å². The number of hydrogen-bond donors (Lipinski definition) is 1. The fraction of sp³-hybridized carbons (Fsp3) is 0.647. The summed E-state index contributed by atoms with van der Waals surface area (Å²) in [6, 6.07) is 5.11. The molecule has 1 aliphatic carbocycles. The molecule has 1 saturated carbocycles. The molecule has 0 bridgehead atoms. The summed E-state index contributed by atoms with van der Waals surface area (Å²) in [5.41, 5.74) is 0.746. The normalized spacial score (nSPS) is 17.9. The zero-order chi connectivity index (χ0) is 15.1. The summed E-state index contributed by atoms with van der Waals surface area (Å²) in [5, 5.41) is 4.70. The maximum Gasteiger partial charge on any atom is 0.129 e. The largest absolute Gasteiger partial charge is 0.309 e. The van der Waals surface area contributed by atoms with Gasteiger partial charge in [-0.15, -0.1) is 0 Å². The SMILES string of the molecule is CCCNC(CSC1CCCCC1)c1ccc(Cl)cc1F. The van der Waals surface area contributed by atoms with Crippen molar-refractivity contribution in [1.82, 2.24) is 5.32 Å². The topological polar surface area (TPSA) is 12.0 Å². The van der Waals surface area contributed by atoms with E-state index in [1.54, 1.807) is 6.07 Å². The molecule has 0 aliphatic heterocycles. The highest BCUT2D eigenvalue weighted by Gasteiger charge is 2.19. The first-order valence-electron chi connectivity index (χ1n) is 8.00. The van der Waals surface area contributed by atoms with Crippen molar-refractivity contribution in [1.29, 1.82) is 0 Å². The third kappa shape index (κ3) is 5.46. The molecule has 1 atom stereocenters. The number of rotatable bonds is 7. The van der Waals surface area contributed by atoms with Gasteiger partial charge in [0.1, 0.15) is 5.82 Å². The Balaban J connectivity index is 1.99. The molecule has 0 aromatic heterocycles. The number of hydrogen-bond acceptors (Lipinski definition) is 2. The molecule has 1 nitrogen and oxygen atoms in total. The van der Waals surface area contributed by atoms with E-state index in [0.717, 1.165) is 29.5 Å². The molecule has 1 unspecified atom stereocenters. The molecule has 0 amide bonds. The quantitative estimate of drug-likeness (QED) is 0.700. The molecule has 1 fully saturated rings. The minimum Gasteiger partial charge on any atom is -0.309 e. The zero-order valence-electron chi connectivity index (χ0n) is 12.7. The number of halogens is 2. The zero-order valence-corrected chi connectivity index (χ0v) is 14.3. The van der Waals surface area contributed by atoms with Crippen LogP contribution in [-0.2, 0) is 0 Å². The van der Waals surface area contributed by atoms with Gasteiger partial charge in [-0.25, -0.2) is 4.39 Å². The highest BCUT2D eigenvalue weighted by Crippen LogP contribution is 2.32. The first-order chi connectivity index (χ1) is 10.2. The van der Waals surface area contributed by atoms with Gasteiger partial charge in [-0.05, 0) is 37.9 Å². The van der Waals surface area contributed by atoms with Crippen molar-refractivity contribution in [3.63, 3.8) is 0 Å². The lowest BCUT2D eigenvalue weighted by molar-refractivity contribution is 0.510. The fourth-order valence-corrected chi connectivity index (χ4v) is 4.41. The molecule has 21 heavy (non-hydrogen) atoms. The van der Waals surface area contributed by atoms with Gasteiger partial charge in [-0.2, -0.15) is 11.8 Å².